The average molecular weight is 451 g/mol. The third-order valence-electron chi connectivity index (χ3n) is 5.37. The van der Waals surface area contributed by atoms with Crippen LogP contribution in [0, 0.1) is 6.92 Å². The van der Waals surface area contributed by atoms with Gasteiger partial charge in [0.05, 0.1) is 12.1 Å². The van der Waals surface area contributed by atoms with Gasteiger partial charge < -0.3 is 20.3 Å². The van der Waals surface area contributed by atoms with Crippen molar-refractivity contribution in [2.45, 2.75) is 39.4 Å². The molecule has 0 saturated carbocycles. The zero-order chi connectivity index (χ0) is 23.3. The van der Waals surface area contributed by atoms with Crippen LogP contribution in [0.3, 0.4) is 0 Å². The molecule has 0 bridgehead atoms. The van der Waals surface area contributed by atoms with Crippen LogP contribution in [0.4, 0.5) is 5.82 Å². The van der Waals surface area contributed by atoms with Gasteiger partial charge in [-0.15, -0.1) is 11.3 Å². The number of aldehydes is 1. The zero-order valence-corrected chi connectivity index (χ0v) is 20.0. The number of hydrogen-bond donors (Lipinski definition) is 2. The Bertz CT molecular complexity index is 1150. The number of carbonyl (C=O) groups excluding carboxylic acids is 2. The van der Waals surface area contributed by atoms with Crippen LogP contribution in [0.25, 0.3) is 16.2 Å². The summed E-state index contributed by atoms with van der Waals surface area (Å²) in [4.78, 5) is 31.2. The number of likely N-dealkylation sites (N-methyl/N-ethyl adjacent to an activating group) is 1. The van der Waals surface area contributed by atoms with Crippen molar-refractivity contribution in [3.8, 4) is 0 Å². The second kappa shape index (κ2) is 10.1. The molecule has 0 spiro atoms. The Balaban J connectivity index is 1.70. The third kappa shape index (κ3) is 5.60. The monoisotopic (exact) mass is 450 g/mol. The second-order valence-corrected chi connectivity index (χ2v) is 9.53. The normalized spacial score (nSPS) is 11.8. The fourth-order valence-electron chi connectivity index (χ4n) is 3.31. The summed E-state index contributed by atoms with van der Waals surface area (Å²) in [6.07, 6.45) is 5.96. The van der Waals surface area contributed by atoms with E-state index in [0.717, 1.165) is 23.2 Å². The summed E-state index contributed by atoms with van der Waals surface area (Å²) in [6.45, 7) is 6.81. The van der Waals surface area contributed by atoms with E-state index in [1.807, 2.05) is 39.1 Å². The van der Waals surface area contributed by atoms with E-state index in [0.29, 0.717) is 13.1 Å². The van der Waals surface area contributed by atoms with Crippen LogP contribution in [0.2, 0.25) is 0 Å². The van der Waals surface area contributed by atoms with Crippen molar-refractivity contribution in [1.82, 2.24) is 15.2 Å². The molecule has 0 aliphatic rings. The fraction of sp³-hybridized carbons (Fsp3) is 0.320. The summed E-state index contributed by atoms with van der Waals surface area (Å²) in [5.41, 5.74) is 2.35. The first kappa shape index (κ1) is 23.6. The highest BCUT2D eigenvalue weighted by atomic mass is 32.1. The van der Waals surface area contributed by atoms with Crippen molar-refractivity contribution in [1.29, 1.82) is 0 Å². The first-order valence-corrected chi connectivity index (χ1v) is 11.3. The van der Waals surface area contributed by atoms with E-state index in [9.17, 15) is 9.59 Å². The van der Waals surface area contributed by atoms with Gasteiger partial charge >= 0.3 is 0 Å². The molecule has 7 heteroatoms. The number of anilines is 1. The lowest BCUT2D eigenvalue weighted by molar-refractivity contribution is -0.125. The molecule has 0 atom stereocenters. The lowest BCUT2D eigenvalue weighted by Gasteiger charge is -2.20. The Hall–Kier alpha value is -3.03. The molecular formula is C25H30N4O2S. The summed E-state index contributed by atoms with van der Waals surface area (Å²) >= 11 is 1.73. The lowest BCUT2D eigenvalue weighted by atomic mass is 10.1. The van der Waals surface area contributed by atoms with Gasteiger partial charge in [-0.25, -0.2) is 4.98 Å². The quantitative estimate of drug-likeness (QED) is 0.374. The molecule has 0 unspecified atom stereocenters. The number of benzene rings is 1. The number of nitrogens with one attached hydrogen (secondary N) is 2. The van der Waals surface area contributed by atoms with Gasteiger partial charge in [-0.3, -0.25) is 4.79 Å². The maximum atomic E-state index is 12.7. The molecule has 1 amide bonds. The van der Waals surface area contributed by atoms with E-state index in [2.05, 4.69) is 34.7 Å². The molecule has 0 saturated heterocycles. The van der Waals surface area contributed by atoms with Crippen LogP contribution in [0.5, 0.6) is 0 Å². The Kier molecular flexibility index (Phi) is 7.43. The zero-order valence-electron chi connectivity index (χ0n) is 19.2. The topological polar surface area (TPSA) is 74.3 Å². The summed E-state index contributed by atoms with van der Waals surface area (Å²) in [7, 11) is 3.62. The van der Waals surface area contributed by atoms with Crippen LogP contribution in [0.15, 0.2) is 42.6 Å². The van der Waals surface area contributed by atoms with E-state index < -0.39 is 5.54 Å². The van der Waals surface area contributed by atoms with Crippen molar-refractivity contribution in [3.05, 3.63) is 64.2 Å². The number of pyridine rings is 1. The van der Waals surface area contributed by atoms with Gasteiger partial charge in [-0.05, 0) is 55.5 Å². The first-order chi connectivity index (χ1) is 15.2. The van der Waals surface area contributed by atoms with Gasteiger partial charge in [0.15, 0.2) is 0 Å². The molecule has 0 aliphatic carbocycles. The molecule has 3 aromatic rings. The fourth-order valence-corrected chi connectivity index (χ4v) is 4.57. The summed E-state index contributed by atoms with van der Waals surface area (Å²) < 4.78 is 1.24. The van der Waals surface area contributed by atoms with Crippen LogP contribution >= 0.6 is 11.3 Å². The highest BCUT2D eigenvalue weighted by molar-refractivity contribution is 7.19. The molecule has 2 N–H and O–H groups in total. The number of carbonyl (C=O) groups is 2. The smallest absolute Gasteiger partial charge is 0.246 e. The first-order valence-electron chi connectivity index (χ1n) is 10.5. The van der Waals surface area contributed by atoms with E-state index in [4.69, 9.17) is 0 Å². The van der Waals surface area contributed by atoms with Crippen molar-refractivity contribution >= 4 is 45.5 Å². The van der Waals surface area contributed by atoms with Crippen LogP contribution in [-0.2, 0) is 22.7 Å². The highest BCUT2D eigenvalue weighted by Gasteiger charge is 2.16. The lowest BCUT2D eigenvalue weighted by Crippen LogP contribution is -2.40. The number of fused-ring (bicyclic) bond motifs is 1. The maximum Gasteiger partial charge on any atom is 0.246 e. The number of aryl methyl sites for hydroxylation is 1. The molecule has 6 nitrogen and oxygen atoms in total. The average Bonchev–Trinajstić information content (AvgIpc) is 3.11. The van der Waals surface area contributed by atoms with Crippen molar-refractivity contribution in [2.24, 2.45) is 0 Å². The molecule has 0 fully saturated rings. The number of thiophene rings is 1. The largest absolute Gasteiger partial charge is 0.373 e. The Labute approximate surface area is 193 Å². The number of hydrogen-bond acceptors (Lipinski definition) is 6. The van der Waals surface area contributed by atoms with Crippen molar-refractivity contribution in [3.63, 3.8) is 0 Å². The molecule has 168 valence electrons. The Morgan fingerprint density at radius 3 is 2.72 bits per heavy atom. The van der Waals surface area contributed by atoms with E-state index in [-0.39, 0.29) is 5.91 Å². The van der Waals surface area contributed by atoms with Gasteiger partial charge in [0.2, 0.25) is 5.91 Å². The third-order valence-corrected chi connectivity index (χ3v) is 6.63. The van der Waals surface area contributed by atoms with Gasteiger partial charge in [0.25, 0.3) is 0 Å². The maximum absolute atomic E-state index is 12.7. The molecule has 3 rings (SSSR count). The van der Waals surface area contributed by atoms with Gasteiger partial charge in [0.1, 0.15) is 12.1 Å². The van der Waals surface area contributed by atoms with E-state index in [1.165, 1.54) is 20.5 Å². The number of amides is 1. The van der Waals surface area contributed by atoms with Crippen molar-refractivity contribution in [2.75, 3.05) is 19.4 Å². The van der Waals surface area contributed by atoms with Gasteiger partial charge in [-0.1, -0.05) is 18.2 Å². The van der Waals surface area contributed by atoms with Crippen LogP contribution in [-0.4, -0.2) is 41.7 Å². The minimum atomic E-state index is -0.625. The predicted molar refractivity (Wildman–Crippen MR) is 133 cm³/mol. The standard InChI is InChI=1S/C25H30N4O2S/c1-17-20-8-6-7-9-21(20)32-22(17)15-29(5)23(31)11-10-18-12-19(24(26-4)27-13-18)14-28-25(2,3)16-30/h6-13,16,28H,14-15H2,1-5H3,(H,26,27)/b11-10+. The van der Waals surface area contributed by atoms with Crippen LogP contribution < -0.4 is 10.6 Å². The summed E-state index contributed by atoms with van der Waals surface area (Å²) in [5.74, 6) is 0.668. The summed E-state index contributed by atoms with van der Waals surface area (Å²) in [6, 6.07) is 10.3. The number of aromatic nitrogens is 1. The van der Waals surface area contributed by atoms with Crippen LogP contribution in [0.1, 0.15) is 35.4 Å². The Morgan fingerprint density at radius 1 is 1.28 bits per heavy atom. The van der Waals surface area contributed by atoms with E-state index >= 15 is 0 Å². The SMILES string of the molecule is CNc1ncc(/C=C/C(=O)N(C)Cc2sc3ccccc3c2C)cc1CNC(C)(C)C=O. The van der Waals surface area contributed by atoms with Gasteiger partial charge in [-0.2, -0.15) is 0 Å². The second-order valence-electron chi connectivity index (χ2n) is 8.39. The highest BCUT2D eigenvalue weighted by Crippen LogP contribution is 2.31. The molecule has 2 aromatic heterocycles. The molecular weight excluding hydrogens is 420 g/mol. The number of rotatable bonds is 9. The summed E-state index contributed by atoms with van der Waals surface area (Å²) in [5, 5.41) is 7.52. The molecule has 32 heavy (non-hydrogen) atoms. The Morgan fingerprint density at radius 2 is 2.03 bits per heavy atom. The molecule has 0 radical (unpaired) electrons. The van der Waals surface area contributed by atoms with Crippen molar-refractivity contribution < 1.29 is 9.59 Å². The molecule has 2 heterocycles. The minimum absolute atomic E-state index is 0.0682. The molecule has 0 aliphatic heterocycles. The molecule has 1 aromatic carbocycles. The van der Waals surface area contributed by atoms with Gasteiger partial charge in [0, 0.05) is 48.1 Å². The minimum Gasteiger partial charge on any atom is -0.373 e. The van der Waals surface area contributed by atoms with E-state index in [1.54, 1.807) is 41.6 Å². The predicted octanol–water partition coefficient (Wildman–Crippen LogP) is 4.39. The number of nitrogens with zero attached hydrogens (tertiary/aromatic N) is 2.